The van der Waals surface area contributed by atoms with Gasteiger partial charge in [0.1, 0.15) is 0 Å². The van der Waals surface area contributed by atoms with Gasteiger partial charge in [0, 0.05) is 23.5 Å². The van der Waals surface area contributed by atoms with E-state index in [1.165, 1.54) is 0 Å². The smallest absolute Gasteiger partial charge is 0.251 e. The van der Waals surface area contributed by atoms with E-state index in [9.17, 15) is 13.2 Å². The summed E-state index contributed by atoms with van der Waals surface area (Å²) in [6.07, 6.45) is 0. The highest BCUT2D eigenvalue weighted by atomic mass is 32.2. The minimum atomic E-state index is -3.06. The molecule has 106 valence electrons. The zero-order valence-electron chi connectivity index (χ0n) is 11.1. The quantitative estimate of drug-likeness (QED) is 0.520. The molecule has 0 saturated carbocycles. The average Bonchev–Trinajstić information content (AvgIpc) is 2.38. The molecule has 0 aromatic heterocycles. The highest BCUT2D eigenvalue weighted by molar-refractivity contribution is 7.91. The molecule has 0 fully saturated rings. The van der Waals surface area contributed by atoms with Crippen molar-refractivity contribution in [2.45, 2.75) is 13.8 Å². The van der Waals surface area contributed by atoms with Crippen molar-refractivity contribution in [3.63, 3.8) is 0 Å². The zero-order valence-corrected chi connectivity index (χ0v) is 11.9. The number of carbonyl (C=O) groups is 1. The van der Waals surface area contributed by atoms with Crippen molar-refractivity contribution in [1.29, 1.82) is 0 Å². The van der Waals surface area contributed by atoms with E-state index in [0.29, 0.717) is 11.3 Å². The number of carbonyl (C=O) groups excluding carboxylic acids is 1. The Hall–Kier alpha value is -1.60. The molecule has 0 spiro atoms. The van der Waals surface area contributed by atoms with E-state index in [4.69, 9.17) is 5.84 Å². The summed E-state index contributed by atoms with van der Waals surface area (Å²) in [6, 6.07) is 5.08. The van der Waals surface area contributed by atoms with Crippen molar-refractivity contribution >= 4 is 21.4 Å². The van der Waals surface area contributed by atoms with Gasteiger partial charge in [0.2, 0.25) is 0 Å². The molecular formula is C12H19N3O3S. The largest absolute Gasteiger partial charge is 0.351 e. The highest BCUT2D eigenvalue weighted by Gasteiger charge is 2.11. The number of hydrogen-bond acceptors (Lipinski definition) is 5. The lowest BCUT2D eigenvalue weighted by Crippen LogP contribution is -2.30. The van der Waals surface area contributed by atoms with Crippen molar-refractivity contribution in [2.75, 3.05) is 23.5 Å². The predicted molar refractivity (Wildman–Crippen MR) is 75.7 cm³/mol. The molecule has 1 aromatic carbocycles. The first-order valence-electron chi connectivity index (χ1n) is 5.95. The van der Waals surface area contributed by atoms with Crippen LogP contribution in [-0.2, 0) is 9.84 Å². The number of aryl methyl sites for hydroxylation is 1. The van der Waals surface area contributed by atoms with Gasteiger partial charge in [0.05, 0.1) is 5.75 Å². The van der Waals surface area contributed by atoms with Gasteiger partial charge in [-0.1, -0.05) is 6.92 Å². The van der Waals surface area contributed by atoms with E-state index < -0.39 is 9.84 Å². The number of sulfone groups is 1. The molecule has 0 heterocycles. The Morgan fingerprint density at radius 3 is 2.58 bits per heavy atom. The average molecular weight is 285 g/mol. The predicted octanol–water partition coefficient (Wildman–Crippen LogP) is 0.445. The number of hydrazine groups is 1. The number of nitrogens with one attached hydrogen (secondary N) is 2. The van der Waals surface area contributed by atoms with Crippen molar-refractivity contribution in [3.8, 4) is 0 Å². The second kappa shape index (κ2) is 6.53. The van der Waals surface area contributed by atoms with Crippen LogP contribution in [0.3, 0.4) is 0 Å². The summed E-state index contributed by atoms with van der Waals surface area (Å²) >= 11 is 0. The molecule has 1 rings (SSSR count). The molecule has 0 saturated heterocycles. The molecule has 19 heavy (non-hydrogen) atoms. The van der Waals surface area contributed by atoms with Crippen LogP contribution in [0.4, 0.5) is 5.69 Å². The first-order chi connectivity index (χ1) is 8.89. The number of anilines is 1. The zero-order chi connectivity index (χ0) is 14.5. The molecule has 0 bridgehead atoms. The molecule has 0 aliphatic rings. The van der Waals surface area contributed by atoms with Crippen LogP contribution in [0, 0.1) is 6.92 Å². The molecule has 1 amide bonds. The first kappa shape index (κ1) is 15.5. The monoisotopic (exact) mass is 285 g/mol. The van der Waals surface area contributed by atoms with Gasteiger partial charge in [-0.05, 0) is 30.7 Å². The molecule has 0 aliphatic heterocycles. The van der Waals surface area contributed by atoms with Crippen LogP contribution in [0.15, 0.2) is 18.2 Å². The van der Waals surface area contributed by atoms with Gasteiger partial charge in [-0.25, -0.2) is 8.42 Å². The van der Waals surface area contributed by atoms with Crippen molar-refractivity contribution in [3.05, 3.63) is 29.3 Å². The molecule has 6 nitrogen and oxygen atoms in total. The van der Waals surface area contributed by atoms with Gasteiger partial charge in [-0.15, -0.1) is 0 Å². The van der Waals surface area contributed by atoms with E-state index in [1.807, 2.05) is 0 Å². The lowest BCUT2D eigenvalue weighted by Gasteiger charge is -2.09. The Balaban J connectivity index is 2.64. The van der Waals surface area contributed by atoms with Gasteiger partial charge < -0.3 is 10.7 Å². The van der Waals surface area contributed by atoms with Gasteiger partial charge in [-0.3, -0.25) is 10.6 Å². The van der Waals surface area contributed by atoms with Crippen LogP contribution >= 0.6 is 0 Å². The Labute approximate surface area is 113 Å². The summed E-state index contributed by atoms with van der Waals surface area (Å²) in [6.45, 7) is 3.49. The maximum Gasteiger partial charge on any atom is 0.251 e. The lowest BCUT2D eigenvalue weighted by molar-refractivity contribution is 0.0955. The molecule has 0 atom stereocenters. The van der Waals surface area contributed by atoms with Crippen molar-refractivity contribution in [1.82, 2.24) is 5.32 Å². The number of nitrogen functional groups attached to an aromatic ring is 1. The lowest BCUT2D eigenvalue weighted by atomic mass is 10.1. The topological polar surface area (TPSA) is 101 Å². The summed E-state index contributed by atoms with van der Waals surface area (Å²) in [5, 5.41) is 2.60. The normalized spacial score (nSPS) is 11.1. The van der Waals surface area contributed by atoms with Crippen LogP contribution in [0.25, 0.3) is 0 Å². The Kier molecular flexibility index (Phi) is 5.31. The molecular weight excluding hydrogens is 266 g/mol. The van der Waals surface area contributed by atoms with E-state index >= 15 is 0 Å². The Morgan fingerprint density at radius 1 is 1.37 bits per heavy atom. The third-order valence-electron chi connectivity index (χ3n) is 2.78. The standard InChI is InChI=1S/C12H19N3O3S/c1-3-19(17,18)7-6-14-12(16)11-5-4-10(15-13)8-9(11)2/h4-5,8,15H,3,6-7,13H2,1-2H3,(H,14,16). The fourth-order valence-electron chi connectivity index (χ4n) is 1.57. The third-order valence-corrected chi connectivity index (χ3v) is 4.48. The van der Waals surface area contributed by atoms with Crippen molar-refractivity contribution in [2.24, 2.45) is 5.84 Å². The van der Waals surface area contributed by atoms with Gasteiger partial charge in [0.25, 0.3) is 5.91 Å². The van der Waals surface area contributed by atoms with E-state index in [1.54, 1.807) is 32.0 Å². The number of hydrogen-bond donors (Lipinski definition) is 3. The summed E-state index contributed by atoms with van der Waals surface area (Å²) < 4.78 is 22.6. The minimum absolute atomic E-state index is 0.0449. The van der Waals surface area contributed by atoms with Gasteiger partial charge >= 0.3 is 0 Å². The van der Waals surface area contributed by atoms with E-state index in [2.05, 4.69) is 10.7 Å². The number of nitrogens with two attached hydrogens (primary N) is 1. The number of benzene rings is 1. The highest BCUT2D eigenvalue weighted by Crippen LogP contribution is 2.14. The fourth-order valence-corrected chi connectivity index (χ4v) is 2.27. The SMILES string of the molecule is CCS(=O)(=O)CCNC(=O)c1ccc(NN)cc1C. The van der Waals surface area contributed by atoms with Crippen LogP contribution in [0.1, 0.15) is 22.8 Å². The third kappa shape index (κ3) is 4.53. The molecule has 4 N–H and O–H groups in total. The molecule has 0 aliphatic carbocycles. The van der Waals surface area contributed by atoms with Crippen LogP contribution in [-0.4, -0.2) is 32.4 Å². The number of amides is 1. The van der Waals surface area contributed by atoms with Gasteiger partial charge in [-0.2, -0.15) is 0 Å². The number of rotatable bonds is 6. The minimum Gasteiger partial charge on any atom is -0.351 e. The summed E-state index contributed by atoms with van der Waals surface area (Å²) in [4.78, 5) is 11.9. The second-order valence-electron chi connectivity index (χ2n) is 4.17. The summed E-state index contributed by atoms with van der Waals surface area (Å²) in [7, 11) is -3.06. The van der Waals surface area contributed by atoms with Gasteiger partial charge in [0.15, 0.2) is 9.84 Å². The van der Waals surface area contributed by atoms with E-state index in [0.717, 1.165) is 5.56 Å². The van der Waals surface area contributed by atoms with Crippen LogP contribution < -0.4 is 16.6 Å². The van der Waals surface area contributed by atoms with E-state index in [-0.39, 0.29) is 24.0 Å². The molecule has 0 unspecified atom stereocenters. The summed E-state index contributed by atoms with van der Waals surface area (Å²) in [5.41, 5.74) is 4.48. The molecule has 0 radical (unpaired) electrons. The Bertz CT molecular complexity index is 555. The maximum atomic E-state index is 11.9. The second-order valence-corrected chi connectivity index (χ2v) is 6.64. The maximum absolute atomic E-state index is 11.9. The molecule has 7 heteroatoms. The van der Waals surface area contributed by atoms with Crippen LogP contribution in [0.5, 0.6) is 0 Å². The fraction of sp³-hybridized carbons (Fsp3) is 0.417. The van der Waals surface area contributed by atoms with Crippen molar-refractivity contribution < 1.29 is 13.2 Å². The first-order valence-corrected chi connectivity index (χ1v) is 7.77. The molecule has 1 aromatic rings. The summed E-state index contributed by atoms with van der Waals surface area (Å²) in [5.74, 6) is 5.02. The Morgan fingerprint density at radius 2 is 2.05 bits per heavy atom. The van der Waals surface area contributed by atoms with Crippen LogP contribution in [0.2, 0.25) is 0 Å².